The monoisotopic (exact) mass is 222 g/mol. The molecule has 4 nitrogen and oxygen atoms in total. The topological polar surface area (TPSA) is 68.3 Å². The van der Waals surface area contributed by atoms with Crippen LogP contribution in [0.4, 0.5) is 0 Å². The lowest BCUT2D eigenvalue weighted by Gasteiger charge is -2.14. The molecule has 3 N–H and O–H groups in total. The molecule has 0 aromatic heterocycles. The molecule has 0 bridgehead atoms. The number of hydrogen-bond donors (Lipinski definition) is 2. The molecule has 0 aliphatic rings. The fourth-order valence-corrected chi connectivity index (χ4v) is 1.20. The highest BCUT2D eigenvalue weighted by molar-refractivity contribution is 5.95. The molecule has 0 aliphatic carbocycles. The number of rotatable bonds is 5. The molecule has 4 heteroatoms. The van der Waals surface area contributed by atoms with E-state index in [2.05, 4.69) is 0 Å². The van der Waals surface area contributed by atoms with Crippen LogP contribution in [-0.2, 0) is 4.74 Å². The molecule has 0 spiro atoms. The molecule has 1 aromatic rings. The summed E-state index contributed by atoms with van der Waals surface area (Å²) in [7, 11) is 1.65. The van der Waals surface area contributed by atoms with Crippen LogP contribution in [0.5, 0.6) is 5.75 Å². The molecule has 1 unspecified atom stereocenters. The summed E-state index contributed by atoms with van der Waals surface area (Å²) in [4.78, 5) is 0. The Morgan fingerprint density at radius 2 is 2.19 bits per heavy atom. The van der Waals surface area contributed by atoms with E-state index in [0.29, 0.717) is 12.2 Å². The number of nitrogen functional groups attached to an aromatic ring is 1. The van der Waals surface area contributed by atoms with Crippen molar-refractivity contribution in [3.05, 3.63) is 29.3 Å². The maximum Gasteiger partial charge on any atom is 0.123 e. The molecular weight excluding hydrogens is 204 g/mol. The van der Waals surface area contributed by atoms with Gasteiger partial charge >= 0.3 is 0 Å². The zero-order valence-electron chi connectivity index (χ0n) is 9.91. The Labute approximate surface area is 95.9 Å². The molecule has 0 heterocycles. The summed E-state index contributed by atoms with van der Waals surface area (Å²) in [6.45, 7) is 4.37. The molecule has 1 rings (SSSR count). The Balaban J connectivity index is 2.78. The highest BCUT2D eigenvalue weighted by Gasteiger charge is 2.06. The molecule has 0 saturated carbocycles. The van der Waals surface area contributed by atoms with Gasteiger partial charge in [-0.1, -0.05) is 12.1 Å². The molecule has 0 radical (unpaired) electrons. The Morgan fingerprint density at radius 3 is 2.75 bits per heavy atom. The predicted molar refractivity (Wildman–Crippen MR) is 64.2 cm³/mol. The number of ether oxygens (including phenoxy) is 2. The first kappa shape index (κ1) is 12.5. The van der Waals surface area contributed by atoms with Gasteiger partial charge in [-0.3, -0.25) is 5.41 Å². The third kappa shape index (κ3) is 3.24. The minimum absolute atomic E-state index is 0.0420. The summed E-state index contributed by atoms with van der Waals surface area (Å²) in [6.07, 6.45) is 0.0420. The number of nitrogens with two attached hydrogens (primary N) is 1. The lowest BCUT2D eigenvalue weighted by molar-refractivity contribution is 0.0714. The van der Waals surface area contributed by atoms with E-state index in [1.807, 2.05) is 26.0 Å². The van der Waals surface area contributed by atoms with Gasteiger partial charge in [0.25, 0.3) is 0 Å². The van der Waals surface area contributed by atoms with E-state index < -0.39 is 0 Å². The summed E-state index contributed by atoms with van der Waals surface area (Å²) in [5.41, 5.74) is 7.11. The molecule has 0 aliphatic heterocycles. The standard InChI is InChI=1S/C12H18N2O2/c1-8-4-5-10(12(13)14)6-11(8)16-7-9(2)15-3/h4-6,9H,7H2,1-3H3,(H3,13,14). The van der Waals surface area contributed by atoms with Crippen LogP contribution in [0.25, 0.3) is 0 Å². The van der Waals surface area contributed by atoms with E-state index in [-0.39, 0.29) is 11.9 Å². The Bertz CT molecular complexity index is 377. The third-order valence-electron chi connectivity index (χ3n) is 2.38. The SMILES string of the molecule is COC(C)COc1cc(C(=N)N)ccc1C. The van der Waals surface area contributed by atoms with Crippen LogP contribution >= 0.6 is 0 Å². The minimum atomic E-state index is 0.0420. The van der Waals surface area contributed by atoms with Crippen LogP contribution in [0.3, 0.4) is 0 Å². The first-order valence-corrected chi connectivity index (χ1v) is 5.15. The van der Waals surface area contributed by atoms with Gasteiger partial charge in [-0.2, -0.15) is 0 Å². The summed E-state index contributed by atoms with van der Waals surface area (Å²) in [5, 5.41) is 7.35. The number of aryl methyl sites for hydroxylation is 1. The van der Waals surface area contributed by atoms with Crippen LogP contribution in [-0.4, -0.2) is 25.7 Å². The molecular formula is C12H18N2O2. The fraction of sp³-hybridized carbons (Fsp3) is 0.417. The van der Waals surface area contributed by atoms with Gasteiger partial charge in [-0.25, -0.2) is 0 Å². The van der Waals surface area contributed by atoms with Gasteiger partial charge in [0.2, 0.25) is 0 Å². The zero-order valence-corrected chi connectivity index (χ0v) is 9.91. The van der Waals surface area contributed by atoms with Crippen molar-refractivity contribution in [3.63, 3.8) is 0 Å². The predicted octanol–water partition coefficient (Wildman–Crippen LogP) is 1.69. The van der Waals surface area contributed by atoms with E-state index in [1.54, 1.807) is 13.2 Å². The lowest BCUT2D eigenvalue weighted by Crippen LogP contribution is -2.17. The smallest absolute Gasteiger partial charge is 0.123 e. The molecule has 88 valence electrons. The average molecular weight is 222 g/mol. The van der Waals surface area contributed by atoms with Crippen LogP contribution in [0.2, 0.25) is 0 Å². The van der Waals surface area contributed by atoms with E-state index in [1.165, 1.54) is 0 Å². The number of hydrogen-bond acceptors (Lipinski definition) is 3. The molecule has 16 heavy (non-hydrogen) atoms. The molecule has 0 fully saturated rings. The van der Waals surface area contributed by atoms with E-state index in [4.69, 9.17) is 20.6 Å². The largest absolute Gasteiger partial charge is 0.491 e. The first-order chi connectivity index (χ1) is 7.54. The lowest BCUT2D eigenvalue weighted by atomic mass is 10.1. The zero-order chi connectivity index (χ0) is 12.1. The number of methoxy groups -OCH3 is 1. The Hall–Kier alpha value is -1.55. The Morgan fingerprint density at radius 1 is 1.50 bits per heavy atom. The van der Waals surface area contributed by atoms with Gasteiger partial charge in [0.05, 0.1) is 6.10 Å². The van der Waals surface area contributed by atoms with Crippen LogP contribution in [0, 0.1) is 12.3 Å². The van der Waals surface area contributed by atoms with Crippen molar-refractivity contribution in [2.24, 2.45) is 5.73 Å². The third-order valence-corrected chi connectivity index (χ3v) is 2.38. The molecule has 0 amide bonds. The minimum Gasteiger partial charge on any atom is -0.491 e. The van der Waals surface area contributed by atoms with Crippen molar-refractivity contribution in [1.29, 1.82) is 5.41 Å². The fourth-order valence-electron chi connectivity index (χ4n) is 1.20. The van der Waals surface area contributed by atoms with Gasteiger partial charge in [0, 0.05) is 12.7 Å². The maximum absolute atomic E-state index is 7.35. The van der Waals surface area contributed by atoms with E-state index >= 15 is 0 Å². The number of benzene rings is 1. The normalized spacial score (nSPS) is 12.2. The number of amidine groups is 1. The summed E-state index contributed by atoms with van der Waals surface area (Å²) < 4.78 is 10.7. The molecule has 1 atom stereocenters. The van der Waals surface area contributed by atoms with Gasteiger partial charge < -0.3 is 15.2 Å². The van der Waals surface area contributed by atoms with Crippen LogP contribution in [0.15, 0.2) is 18.2 Å². The Kier molecular flexibility index (Phi) is 4.31. The summed E-state index contributed by atoms with van der Waals surface area (Å²) in [6, 6.07) is 5.48. The van der Waals surface area contributed by atoms with E-state index in [0.717, 1.165) is 11.3 Å². The van der Waals surface area contributed by atoms with Crippen molar-refractivity contribution in [1.82, 2.24) is 0 Å². The van der Waals surface area contributed by atoms with Crippen LogP contribution in [0.1, 0.15) is 18.1 Å². The van der Waals surface area contributed by atoms with Gasteiger partial charge in [-0.05, 0) is 25.5 Å². The van der Waals surface area contributed by atoms with Crippen molar-refractivity contribution in [2.75, 3.05) is 13.7 Å². The summed E-state index contributed by atoms with van der Waals surface area (Å²) in [5.74, 6) is 0.793. The second kappa shape index (κ2) is 5.51. The first-order valence-electron chi connectivity index (χ1n) is 5.15. The molecule has 0 saturated heterocycles. The van der Waals surface area contributed by atoms with E-state index in [9.17, 15) is 0 Å². The van der Waals surface area contributed by atoms with Crippen LogP contribution < -0.4 is 10.5 Å². The van der Waals surface area contributed by atoms with Gasteiger partial charge in [-0.15, -0.1) is 0 Å². The molecule has 1 aromatic carbocycles. The highest BCUT2D eigenvalue weighted by Crippen LogP contribution is 2.19. The van der Waals surface area contributed by atoms with Crippen molar-refractivity contribution in [3.8, 4) is 5.75 Å². The highest BCUT2D eigenvalue weighted by atomic mass is 16.5. The second-order valence-electron chi connectivity index (χ2n) is 3.75. The quantitative estimate of drug-likeness (QED) is 0.588. The second-order valence-corrected chi connectivity index (χ2v) is 3.75. The van der Waals surface area contributed by atoms with Crippen molar-refractivity contribution < 1.29 is 9.47 Å². The van der Waals surface area contributed by atoms with Gasteiger partial charge in [0.1, 0.15) is 18.2 Å². The van der Waals surface area contributed by atoms with Crippen molar-refractivity contribution in [2.45, 2.75) is 20.0 Å². The van der Waals surface area contributed by atoms with Gasteiger partial charge in [0.15, 0.2) is 0 Å². The number of nitrogens with one attached hydrogen (secondary N) is 1. The van der Waals surface area contributed by atoms with Crippen molar-refractivity contribution >= 4 is 5.84 Å². The average Bonchev–Trinajstić information content (AvgIpc) is 2.27. The summed E-state index contributed by atoms with van der Waals surface area (Å²) >= 11 is 0. The maximum atomic E-state index is 7.35.